The summed E-state index contributed by atoms with van der Waals surface area (Å²) in [6, 6.07) is 0. The molecule has 10 heavy (non-hydrogen) atoms. The number of rotatable bonds is 1. The molecular formula is C7H10O3. The van der Waals surface area contributed by atoms with E-state index in [2.05, 4.69) is 0 Å². The molecule has 1 aliphatic heterocycles. The summed E-state index contributed by atoms with van der Waals surface area (Å²) in [7, 11) is 0. The Balaban J connectivity index is 2.68. The molecule has 0 amide bonds. The summed E-state index contributed by atoms with van der Waals surface area (Å²) in [6.07, 6.45) is 4.62. The van der Waals surface area contributed by atoms with Gasteiger partial charge in [0.2, 0.25) is 5.60 Å². The molecule has 0 aromatic rings. The smallest absolute Gasteiger partial charge is 0.347 e. The lowest BCUT2D eigenvalue weighted by Crippen LogP contribution is -2.37. The molecule has 0 radical (unpaired) electrons. The Labute approximate surface area is 59.3 Å². The minimum absolute atomic E-state index is 0.554. The van der Waals surface area contributed by atoms with Crippen LogP contribution in [-0.2, 0) is 9.53 Å². The average molecular weight is 142 g/mol. The van der Waals surface area contributed by atoms with Crippen LogP contribution in [0.5, 0.6) is 0 Å². The first-order valence-corrected chi connectivity index (χ1v) is 3.21. The third kappa shape index (κ3) is 1.12. The second-order valence-electron chi connectivity index (χ2n) is 2.56. The topological polar surface area (TPSA) is 46.5 Å². The lowest BCUT2D eigenvalue weighted by Gasteiger charge is -2.26. The van der Waals surface area contributed by atoms with E-state index in [9.17, 15) is 4.79 Å². The predicted molar refractivity (Wildman–Crippen MR) is 35.5 cm³/mol. The zero-order valence-corrected chi connectivity index (χ0v) is 5.83. The molecule has 1 heterocycles. The zero-order valence-electron chi connectivity index (χ0n) is 5.83. The van der Waals surface area contributed by atoms with E-state index < -0.39 is 11.6 Å². The van der Waals surface area contributed by atoms with E-state index in [0.29, 0.717) is 6.42 Å². The van der Waals surface area contributed by atoms with Gasteiger partial charge in [-0.2, -0.15) is 0 Å². The van der Waals surface area contributed by atoms with Crippen LogP contribution in [0.25, 0.3) is 0 Å². The Morgan fingerprint density at radius 2 is 2.50 bits per heavy atom. The molecule has 3 heteroatoms. The van der Waals surface area contributed by atoms with E-state index in [0.717, 1.165) is 6.42 Å². The Morgan fingerprint density at radius 1 is 1.80 bits per heavy atom. The third-order valence-corrected chi connectivity index (χ3v) is 1.66. The van der Waals surface area contributed by atoms with Crippen LogP contribution in [-0.4, -0.2) is 16.7 Å². The Morgan fingerprint density at radius 3 is 2.80 bits per heavy atom. The molecule has 0 bridgehead atoms. The van der Waals surface area contributed by atoms with E-state index in [1.54, 1.807) is 6.92 Å². The molecular weight excluding hydrogens is 132 g/mol. The van der Waals surface area contributed by atoms with Crippen LogP contribution in [0, 0.1) is 0 Å². The Hall–Kier alpha value is -0.990. The van der Waals surface area contributed by atoms with Gasteiger partial charge in [-0.1, -0.05) is 0 Å². The van der Waals surface area contributed by atoms with Crippen LogP contribution < -0.4 is 0 Å². The fourth-order valence-electron chi connectivity index (χ4n) is 0.841. The normalized spacial score (nSPS) is 31.3. The highest BCUT2D eigenvalue weighted by atomic mass is 16.5. The number of allylic oxidation sites excluding steroid dienone is 1. The maximum absolute atomic E-state index is 10.5. The standard InChI is InChI=1S/C7H10O3/c1-7(6(8)9)4-2-3-5-10-7/h3,5H,2,4H2,1H3,(H,8,9). The van der Waals surface area contributed by atoms with Gasteiger partial charge in [0.15, 0.2) is 0 Å². The molecule has 1 N–H and O–H groups in total. The molecule has 0 saturated heterocycles. The van der Waals surface area contributed by atoms with Crippen molar-refractivity contribution in [2.24, 2.45) is 0 Å². The fourth-order valence-corrected chi connectivity index (χ4v) is 0.841. The number of carboxylic acids is 1. The molecule has 56 valence electrons. The fraction of sp³-hybridized carbons (Fsp3) is 0.571. The third-order valence-electron chi connectivity index (χ3n) is 1.66. The van der Waals surface area contributed by atoms with Crippen molar-refractivity contribution in [3.05, 3.63) is 12.3 Å². The van der Waals surface area contributed by atoms with Crippen molar-refractivity contribution >= 4 is 5.97 Å². The van der Waals surface area contributed by atoms with Crippen LogP contribution in [0.15, 0.2) is 12.3 Å². The molecule has 1 unspecified atom stereocenters. The number of carboxylic acid groups (broad SMARTS) is 1. The summed E-state index contributed by atoms with van der Waals surface area (Å²) in [5, 5.41) is 8.64. The summed E-state index contributed by atoms with van der Waals surface area (Å²) < 4.78 is 4.95. The van der Waals surface area contributed by atoms with Crippen molar-refractivity contribution in [3.8, 4) is 0 Å². The molecule has 0 saturated carbocycles. The maximum atomic E-state index is 10.5. The molecule has 1 aliphatic rings. The van der Waals surface area contributed by atoms with Crippen molar-refractivity contribution in [2.75, 3.05) is 0 Å². The SMILES string of the molecule is CC1(C(=O)O)CCC=CO1. The predicted octanol–water partition coefficient (Wildman–Crippen LogP) is 1.15. The molecule has 0 aromatic heterocycles. The number of aliphatic carboxylic acids is 1. The number of ether oxygens (including phenoxy) is 1. The van der Waals surface area contributed by atoms with Crippen LogP contribution >= 0.6 is 0 Å². The summed E-state index contributed by atoms with van der Waals surface area (Å²) in [5.74, 6) is -0.892. The van der Waals surface area contributed by atoms with E-state index in [-0.39, 0.29) is 0 Å². The highest BCUT2D eigenvalue weighted by Gasteiger charge is 2.34. The first-order valence-electron chi connectivity index (χ1n) is 3.21. The second-order valence-corrected chi connectivity index (χ2v) is 2.56. The van der Waals surface area contributed by atoms with Crippen molar-refractivity contribution < 1.29 is 14.6 Å². The summed E-state index contributed by atoms with van der Waals surface area (Å²) >= 11 is 0. The van der Waals surface area contributed by atoms with Gasteiger partial charge in [-0.3, -0.25) is 0 Å². The first-order chi connectivity index (χ1) is 4.65. The lowest BCUT2D eigenvalue weighted by atomic mass is 9.99. The van der Waals surface area contributed by atoms with E-state index >= 15 is 0 Å². The van der Waals surface area contributed by atoms with Gasteiger partial charge in [0.25, 0.3) is 0 Å². The molecule has 1 rings (SSSR count). The van der Waals surface area contributed by atoms with Gasteiger partial charge in [0, 0.05) is 6.42 Å². The molecule has 0 aromatic carbocycles. The van der Waals surface area contributed by atoms with Gasteiger partial charge in [-0.05, 0) is 19.4 Å². The zero-order chi connectivity index (χ0) is 7.61. The van der Waals surface area contributed by atoms with E-state index in [4.69, 9.17) is 9.84 Å². The van der Waals surface area contributed by atoms with Crippen LogP contribution in [0.2, 0.25) is 0 Å². The van der Waals surface area contributed by atoms with Crippen LogP contribution in [0.1, 0.15) is 19.8 Å². The number of hydrogen-bond acceptors (Lipinski definition) is 2. The molecule has 0 aliphatic carbocycles. The van der Waals surface area contributed by atoms with Crippen molar-refractivity contribution in [1.29, 1.82) is 0 Å². The monoisotopic (exact) mass is 142 g/mol. The molecule has 0 fully saturated rings. The van der Waals surface area contributed by atoms with Crippen LogP contribution in [0.3, 0.4) is 0 Å². The minimum atomic E-state index is -0.991. The second kappa shape index (κ2) is 2.33. The van der Waals surface area contributed by atoms with Crippen molar-refractivity contribution in [1.82, 2.24) is 0 Å². The molecule has 3 nitrogen and oxygen atoms in total. The first kappa shape index (κ1) is 7.12. The minimum Gasteiger partial charge on any atom is -0.484 e. The quantitative estimate of drug-likeness (QED) is 0.597. The number of carbonyl (C=O) groups is 1. The van der Waals surface area contributed by atoms with Gasteiger partial charge in [-0.25, -0.2) is 4.79 Å². The lowest BCUT2D eigenvalue weighted by molar-refractivity contribution is -0.158. The molecule has 0 spiro atoms. The maximum Gasteiger partial charge on any atom is 0.347 e. The van der Waals surface area contributed by atoms with Gasteiger partial charge in [-0.15, -0.1) is 0 Å². The van der Waals surface area contributed by atoms with Crippen LogP contribution in [0.4, 0.5) is 0 Å². The van der Waals surface area contributed by atoms with E-state index in [1.807, 2.05) is 6.08 Å². The summed E-state index contributed by atoms with van der Waals surface area (Å²) in [5.41, 5.74) is -0.991. The number of hydrogen-bond donors (Lipinski definition) is 1. The van der Waals surface area contributed by atoms with Gasteiger partial charge in [0.1, 0.15) is 0 Å². The summed E-state index contributed by atoms with van der Waals surface area (Å²) in [6.45, 7) is 1.58. The van der Waals surface area contributed by atoms with E-state index in [1.165, 1.54) is 6.26 Å². The summed E-state index contributed by atoms with van der Waals surface area (Å²) in [4.78, 5) is 10.5. The van der Waals surface area contributed by atoms with Gasteiger partial charge in [0.05, 0.1) is 6.26 Å². The average Bonchev–Trinajstić information content (AvgIpc) is 1.89. The van der Waals surface area contributed by atoms with Crippen molar-refractivity contribution in [3.63, 3.8) is 0 Å². The Kier molecular flexibility index (Phi) is 1.66. The highest BCUT2D eigenvalue weighted by molar-refractivity contribution is 5.77. The van der Waals surface area contributed by atoms with Gasteiger partial charge < -0.3 is 9.84 Å². The van der Waals surface area contributed by atoms with Gasteiger partial charge >= 0.3 is 5.97 Å². The molecule has 1 atom stereocenters. The van der Waals surface area contributed by atoms with Crippen molar-refractivity contribution in [2.45, 2.75) is 25.4 Å². The highest BCUT2D eigenvalue weighted by Crippen LogP contribution is 2.22. The largest absolute Gasteiger partial charge is 0.484 e. The Bertz CT molecular complexity index is 174.